The molecule has 1 aromatic carbocycles. The lowest BCUT2D eigenvalue weighted by molar-refractivity contribution is -0.114. The van der Waals surface area contributed by atoms with E-state index < -0.39 is 0 Å². The monoisotopic (exact) mass is 312 g/mol. The summed E-state index contributed by atoms with van der Waals surface area (Å²) in [7, 11) is 0. The topological polar surface area (TPSA) is 41.5 Å². The van der Waals surface area contributed by atoms with Gasteiger partial charge < -0.3 is 5.32 Å². The molecular weight excluding hydrogens is 292 g/mol. The average molecular weight is 312 g/mol. The van der Waals surface area contributed by atoms with Crippen molar-refractivity contribution >= 4 is 29.1 Å². The van der Waals surface area contributed by atoms with Crippen molar-refractivity contribution in [3.05, 3.63) is 53.5 Å². The van der Waals surface area contributed by atoms with Crippen molar-refractivity contribution in [2.45, 2.75) is 13.8 Å². The first-order valence-electron chi connectivity index (χ1n) is 7.08. The SMILES string of the molecule is C#Cc1ccc2c(c1)C(CS/C=C\C=C)=NCC(=O)N2.CC. The predicted molar refractivity (Wildman–Crippen MR) is 97.6 cm³/mol. The van der Waals surface area contributed by atoms with Gasteiger partial charge in [-0.25, -0.2) is 0 Å². The average Bonchev–Trinajstić information content (AvgIpc) is 2.71. The Morgan fingerprint density at radius 1 is 1.50 bits per heavy atom. The van der Waals surface area contributed by atoms with Gasteiger partial charge in [-0.1, -0.05) is 38.5 Å². The lowest BCUT2D eigenvalue weighted by atomic mass is 10.1. The van der Waals surface area contributed by atoms with Crippen molar-refractivity contribution in [2.24, 2.45) is 4.99 Å². The first kappa shape index (κ1) is 17.8. The van der Waals surface area contributed by atoms with Gasteiger partial charge in [-0.3, -0.25) is 9.79 Å². The molecule has 22 heavy (non-hydrogen) atoms. The maximum absolute atomic E-state index is 11.6. The molecule has 4 heteroatoms. The van der Waals surface area contributed by atoms with E-state index in [2.05, 4.69) is 22.8 Å². The van der Waals surface area contributed by atoms with Crippen LogP contribution >= 0.6 is 11.8 Å². The standard InChI is InChI=1S/C16H14N2OS.C2H6/c1-3-5-8-20-11-15-13-9-12(4-2)6-7-14(13)18-16(19)10-17-15;1-2/h2-3,5-9H,1,10-11H2,(H,18,19);1-2H3/b8-5-;. The summed E-state index contributed by atoms with van der Waals surface area (Å²) in [6.45, 7) is 7.76. The highest BCUT2D eigenvalue weighted by Crippen LogP contribution is 2.22. The zero-order chi connectivity index (χ0) is 16.4. The molecule has 1 amide bonds. The summed E-state index contributed by atoms with van der Waals surface area (Å²) in [4.78, 5) is 16.0. The van der Waals surface area contributed by atoms with E-state index >= 15 is 0 Å². The number of hydrogen-bond donors (Lipinski definition) is 1. The number of aliphatic imine (C=N–C) groups is 1. The summed E-state index contributed by atoms with van der Waals surface area (Å²) in [6.07, 6.45) is 9.01. The fraction of sp³-hybridized carbons (Fsp3) is 0.222. The van der Waals surface area contributed by atoms with Gasteiger partial charge in [-0.15, -0.1) is 18.2 Å². The molecule has 1 aliphatic heterocycles. The number of nitrogens with one attached hydrogen (secondary N) is 1. The van der Waals surface area contributed by atoms with Gasteiger partial charge >= 0.3 is 0 Å². The number of terminal acetylenes is 1. The van der Waals surface area contributed by atoms with Crippen molar-refractivity contribution in [2.75, 3.05) is 17.6 Å². The van der Waals surface area contributed by atoms with Crippen LogP contribution in [0.1, 0.15) is 25.0 Å². The van der Waals surface area contributed by atoms with Gasteiger partial charge in [0.2, 0.25) is 5.91 Å². The highest BCUT2D eigenvalue weighted by Gasteiger charge is 2.16. The van der Waals surface area contributed by atoms with Crippen LogP contribution in [0, 0.1) is 12.3 Å². The minimum absolute atomic E-state index is 0.110. The Labute approximate surface area is 136 Å². The lowest BCUT2D eigenvalue weighted by Crippen LogP contribution is -2.13. The molecule has 1 heterocycles. The van der Waals surface area contributed by atoms with Gasteiger partial charge in [0.05, 0.1) is 5.71 Å². The number of rotatable bonds is 4. The van der Waals surface area contributed by atoms with E-state index in [0.717, 1.165) is 22.5 Å². The summed E-state index contributed by atoms with van der Waals surface area (Å²) < 4.78 is 0. The number of allylic oxidation sites excluding steroid dienone is 2. The third-order valence-electron chi connectivity index (χ3n) is 2.72. The Hall–Kier alpha value is -2.25. The third kappa shape index (κ3) is 4.94. The second kappa shape index (κ2) is 9.64. The van der Waals surface area contributed by atoms with Gasteiger partial charge in [0, 0.05) is 22.6 Å². The molecule has 0 atom stereocenters. The molecule has 0 saturated carbocycles. The molecule has 114 valence electrons. The molecule has 1 aliphatic rings. The number of fused-ring (bicyclic) bond motifs is 1. The number of benzene rings is 1. The maximum atomic E-state index is 11.6. The maximum Gasteiger partial charge on any atom is 0.246 e. The van der Waals surface area contributed by atoms with E-state index in [4.69, 9.17) is 6.42 Å². The summed E-state index contributed by atoms with van der Waals surface area (Å²) in [5, 5.41) is 4.78. The van der Waals surface area contributed by atoms with Crippen LogP contribution in [0.4, 0.5) is 5.69 Å². The largest absolute Gasteiger partial charge is 0.324 e. The molecule has 2 rings (SSSR count). The molecule has 0 aliphatic carbocycles. The number of anilines is 1. The quantitative estimate of drug-likeness (QED) is 0.677. The number of amides is 1. The predicted octanol–water partition coefficient (Wildman–Crippen LogP) is 3.87. The normalized spacial score (nSPS) is 13.0. The van der Waals surface area contributed by atoms with Crippen molar-refractivity contribution in [3.8, 4) is 12.3 Å². The Morgan fingerprint density at radius 2 is 2.27 bits per heavy atom. The molecule has 0 radical (unpaired) electrons. The first-order chi connectivity index (χ1) is 10.7. The zero-order valence-corrected chi connectivity index (χ0v) is 13.7. The van der Waals surface area contributed by atoms with Crippen LogP contribution in [0.2, 0.25) is 0 Å². The zero-order valence-electron chi connectivity index (χ0n) is 12.9. The van der Waals surface area contributed by atoms with Crippen LogP contribution in [0.25, 0.3) is 0 Å². The molecule has 0 bridgehead atoms. The minimum Gasteiger partial charge on any atom is -0.324 e. The fourth-order valence-electron chi connectivity index (χ4n) is 1.79. The summed E-state index contributed by atoms with van der Waals surface area (Å²) >= 11 is 1.60. The number of carbonyl (C=O) groups is 1. The minimum atomic E-state index is -0.110. The third-order valence-corrected chi connectivity index (χ3v) is 3.51. The lowest BCUT2D eigenvalue weighted by Gasteiger charge is -2.09. The van der Waals surface area contributed by atoms with E-state index in [9.17, 15) is 4.79 Å². The fourth-order valence-corrected chi connectivity index (χ4v) is 2.51. The number of hydrogen-bond acceptors (Lipinski definition) is 3. The molecule has 0 fully saturated rings. The van der Waals surface area contributed by atoms with Crippen LogP contribution in [0.15, 0.2) is 47.3 Å². The van der Waals surface area contributed by atoms with Gasteiger partial charge in [-0.2, -0.15) is 0 Å². The van der Waals surface area contributed by atoms with Crippen LogP contribution in [0.3, 0.4) is 0 Å². The number of thioether (sulfide) groups is 1. The van der Waals surface area contributed by atoms with Gasteiger partial charge in [0.25, 0.3) is 0 Å². The van der Waals surface area contributed by atoms with E-state index in [-0.39, 0.29) is 12.5 Å². The summed E-state index contributed by atoms with van der Waals surface area (Å²) in [6, 6.07) is 5.53. The molecule has 0 aromatic heterocycles. The summed E-state index contributed by atoms with van der Waals surface area (Å²) in [5.41, 5.74) is 3.30. The number of benzodiazepines with no additional fused rings is 1. The van der Waals surface area contributed by atoms with E-state index in [0.29, 0.717) is 5.75 Å². The molecular formula is C18H20N2OS. The van der Waals surface area contributed by atoms with Crippen molar-refractivity contribution < 1.29 is 4.79 Å². The van der Waals surface area contributed by atoms with E-state index in [1.54, 1.807) is 17.8 Å². The molecule has 0 spiro atoms. The summed E-state index contributed by atoms with van der Waals surface area (Å²) in [5.74, 6) is 3.17. The molecule has 0 saturated heterocycles. The van der Waals surface area contributed by atoms with Crippen LogP contribution < -0.4 is 5.32 Å². The van der Waals surface area contributed by atoms with Gasteiger partial charge in [0.1, 0.15) is 6.54 Å². The van der Waals surface area contributed by atoms with E-state index in [1.807, 2.05) is 43.5 Å². The highest BCUT2D eigenvalue weighted by molar-refractivity contribution is 8.02. The van der Waals surface area contributed by atoms with Crippen LogP contribution in [-0.2, 0) is 4.79 Å². The van der Waals surface area contributed by atoms with Crippen molar-refractivity contribution in [3.63, 3.8) is 0 Å². The molecule has 1 aromatic rings. The second-order valence-corrected chi connectivity index (χ2v) is 4.99. The smallest absolute Gasteiger partial charge is 0.246 e. The van der Waals surface area contributed by atoms with Crippen molar-refractivity contribution in [1.82, 2.24) is 0 Å². The molecule has 0 unspecified atom stereocenters. The van der Waals surface area contributed by atoms with Crippen LogP contribution in [0.5, 0.6) is 0 Å². The molecule has 1 N–H and O–H groups in total. The Bertz CT molecular complexity index is 639. The second-order valence-electron chi connectivity index (χ2n) is 4.09. The van der Waals surface area contributed by atoms with Crippen molar-refractivity contribution in [1.29, 1.82) is 0 Å². The number of nitrogens with zero attached hydrogens (tertiary/aromatic N) is 1. The highest BCUT2D eigenvalue weighted by atomic mass is 32.2. The van der Waals surface area contributed by atoms with E-state index in [1.165, 1.54) is 0 Å². The first-order valence-corrected chi connectivity index (χ1v) is 8.13. The van der Waals surface area contributed by atoms with Gasteiger partial charge in [0.15, 0.2) is 0 Å². The Kier molecular flexibility index (Phi) is 7.80. The Balaban J connectivity index is 0.00000116. The van der Waals surface area contributed by atoms with Gasteiger partial charge in [-0.05, 0) is 23.6 Å². The van der Waals surface area contributed by atoms with Crippen LogP contribution in [-0.4, -0.2) is 23.9 Å². The molecule has 3 nitrogen and oxygen atoms in total. The Morgan fingerprint density at radius 3 is 2.95 bits per heavy atom. The number of carbonyl (C=O) groups excluding carboxylic acids is 1.